The number of carbonyl (C=O) groups is 1. The average molecular weight is 286 g/mol. The monoisotopic (exact) mass is 285 g/mol. The molecule has 3 N–H and O–H groups in total. The van der Waals surface area contributed by atoms with Crippen LogP contribution >= 0.6 is 11.6 Å². The maximum Gasteiger partial charge on any atom is 0.339 e. The van der Waals surface area contributed by atoms with E-state index in [-0.39, 0.29) is 22.4 Å². The molecule has 0 aliphatic carbocycles. The largest absolute Gasteiger partial charge is 0.490 e. The van der Waals surface area contributed by atoms with Gasteiger partial charge in [0.05, 0.1) is 16.8 Å². The molecular weight excluding hydrogens is 270 g/mol. The van der Waals surface area contributed by atoms with Gasteiger partial charge in [0.25, 0.3) is 0 Å². The molecule has 19 heavy (non-hydrogen) atoms. The maximum absolute atomic E-state index is 11.1. The quantitative estimate of drug-likeness (QED) is 0.831. The summed E-state index contributed by atoms with van der Waals surface area (Å²) in [6.07, 6.45) is 3.09. The normalized spacial score (nSPS) is 19.1. The second-order valence-electron chi connectivity index (χ2n) is 4.47. The zero-order valence-electron chi connectivity index (χ0n) is 10.4. The standard InChI is InChI=1S/C13H16ClNO4/c14-10-5-9(13(16)17)12(6-11(10)15)19-7-8-3-1-2-4-18-8/h5-6,8H,1-4,7,15H2,(H,16,17). The Balaban J connectivity index is 2.09. The molecule has 1 atom stereocenters. The maximum atomic E-state index is 11.1. The summed E-state index contributed by atoms with van der Waals surface area (Å²) in [5.74, 6) is -0.870. The Morgan fingerprint density at radius 1 is 1.53 bits per heavy atom. The molecule has 1 aromatic carbocycles. The minimum atomic E-state index is -1.10. The topological polar surface area (TPSA) is 81.8 Å². The van der Waals surface area contributed by atoms with E-state index in [2.05, 4.69) is 0 Å². The molecule has 1 aromatic rings. The van der Waals surface area contributed by atoms with Crippen LogP contribution in [-0.2, 0) is 4.74 Å². The molecule has 0 amide bonds. The minimum absolute atomic E-state index is 0.00676. The van der Waals surface area contributed by atoms with Gasteiger partial charge in [-0.1, -0.05) is 11.6 Å². The molecule has 0 radical (unpaired) electrons. The summed E-state index contributed by atoms with van der Waals surface area (Å²) in [4.78, 5) is 11.1. The summed E-state index contributed by atoms with van der Waals surface area (Å²) in [5.41, 5.74) is 5.97. The third-order valence-electron chi connectivity index (χ3n) is 3.03. The fraction of sp³-hybridized carbons (Fsp3) is 0.462. The number of carboxylic acid groups (broad SMARTS) is 1. The van der Waals surface area contributed by atoms with Crippen molar-refractivity contribution in [3.8, 4) is 5.75 Å². The van der Waals surface area contributed by atoms with Crippen LogP contribution in [0.4, 0.5) is 5.69 Å². The number of hydrogen-bond acceptors (Lipinski definition) is 4. The summed E-state index contributed by atoms with van der Waals surface area (Å²) < 4.78 is 11.1. The van der Waals surface area contributed by atoms with E-state index in [1.54, 1.807) is 0 Å². The number of rotatable bonds is 4. The van der Waals surface area contributed by atoms with Gasteiger partial charge < -0.3 is 20.3 Å². The molecule has 1 heterocycles. The van der Waals surface area contributed by atoms with E-state index >= 15 is 0 Å². The van der Waals surface area contributed by atoms with E-state index < -0.39 is 5.97 Å². The van der Waals surface area contributed by atoms with E-state index in [0.717, 1.165) is 25.9 Å². The van der Waals surface area contributed by atoms with Crippen LogP contribution in [0, 0.1) is 0 Å². The average Bonchev–Trinajstić information content (AvgIpc) is 2.40. The fourth-order valence-electron chi connectivity index (χ4n) is 1.98. The molecule has 6 heteroatoms. The van der Waals surface area contributed by atoms with Crippen molar-refractivity contribution in [2.75, 3.05) is 18.9 Å². The minimum Gasteiger partial charge on any atom is -0.490 e. The summed E-state index contributed by atoms with van der Waals surface area (Å²) in [5, 5.41) is 9.31. The number of benzene rings is 1. The molecule has 1 aliphatic heterocycles. The van der Waals surface area contributed by atoms with Crippen molar-refractivity contribution in [2.45, 2.75) is 25.4 Å². The first-order chi connectivity index (χ1) is 9.08. The Kier molecular flexibility index (Phi) is 4.50. The van der Waals surface area contributed by atoms with Crippen LogP contribution in [0.5, 0.6) is 5.75 Å². The third kappa shape index (κ3) is 3.52. The van der Waals surface area contributed by atoms with E-state index in [0.29, 0.717) is 12.3 Å². The van der Waals surface area contributed by atoms with Gasteiger partial charge in [0.1, 0.15) is 17.9 Å². The molecular formula is C13H16ClNO4. The predicted octanol–water partition coefficient (Wildman–Crippen LogP) is 2.57. The highest BCUT2D eigenvalue weighted by Crippen LogP contribution is 2.29. The first-order valence-electron chi connectivity index (χ1n) is 6.14. The van der Waals surface area contributed by atoms with Gasteiger partial charge in [0.2, 0.25) is 0 Å². The lowest BCUT2D eigenvalue weighted by atomic mass is 10.1. The number of nitrogen functional groups attached to an aromatic ring is 1. The molecule has 1 saturated heterocycles. The van der Waals surface area contributed by atoms with Gasteiger partial charge in [-0.25, -0.2) is 4.79 Å². The molecule has 0 bridgehead atoms. The van der Waals surface area contributed by atoms with E-state index in [1.807, 2.05) is 0 Å². The van der Waals surface area contributed by atoms with Crippen LogP contribution in [-0.4, -0.2) is 30.4 Å². The number of carboxylic acids is 1. The lowest BCUT2D eigenvalue weighted by Crippen LogP contribution is -2.26. The Hall–Kier alpha value is -1.46. The summed E-state index contributed by atoms with van der Waals surface area (Å²) in [7, 11) is 0. The van der Waals surface area contributed by atoms with Crippen LogP contribution in [0.25, 0.3) is 0 Å². The Labute approximate surface area is 116 Å². The summed E-state index contributed by atoms with van der Waals surface area (Å²) >= 11 is 5.81. The van der Waals surface area contributed by atoms with E-state index in [9.17, 15) is 4.79 Å². The first-order valence-corrected chi connectivity index (χ1v) is 6.52. The molecule has 2 rings (SSSR count). The Bertz CT molecular complexity index is 472. The number of ether oxygens (including phenoxy) is 2. The molecule has 0 saturated carbocycles. The van der Waals surface area contributed by atoms with E-state index in [4.69, 9.17) is 31.9 Å². The number of halogens is 1. The van der Waals surface area contributed by atoms with Crippen LogP contribution in [0.2, 0.25) is 5.02 Å². The number of aromatic carboxylic acids is 1. The highest BCUT2D eigenvalue weighted by atomic mass is 35.5. The number of anilines is 1. The van der Waals surface area contributed by atoms with Gasteiger partial charge in [0, 0.05) is 12.7 Å². The van der Waals surface area contributed by atoms with Crippen molar-refractivity contribution in [3.63, 3.8) is 0 Å². The lowest BCUT2D eigenvalue weighted by Gasteiger charge is -2.23. The van der Waals surface area contributed by atoms with Crippen molar-refractivity contribution in [1.82, 2.24) is 0 Å². The van der Waals surface area contributed by atoms with Crippen molar-refractivity contribution < 1.29 is 19.4 Å². The molecule has 0 spiro atoms. The molecule has 1 unspecified atom stereocenters. The molecule has 0 aromatic heterocycles. The summed E-state index contributed by atoms with van der Waals surface area (Å²) in [6.45, 7) is 1.05. The van der Waals surface area contributed by atoms with Gasteiger partial charge in [-0.2, -0.15) is 0 Å². The molecule has 1 fully saturated rings. The SMILES string of the molecule is Nc1cc(OCC2CCCCO2)c(C(=O)O)cc1Cl. The van der Waals surface area contributed by atoms with Crippen LogP contribution in [0.1, 0.15) is 29.6 Å². The van der Waals surface area contributed by atoms with Crippen LogP contribution < -0.4 is 10.5 Å². The number of nitrogens with two attached hydrogens (primary N) is 1. The fourth-order valence-corrected chi connectivity index (χ4v) is 2.14. The second-order valence-corrected chi connectivity index (χ2v) is 4.88. The smallest absolute Gasteiger partial charge is 0.339 e. The second kappa shape index (κ2) is 6.12. The van der Waals surface area contributed by atoms with Crippen molar-refractivity contribution in [1.29, 1.82) is 0 Å². The lowest BCUT2D eigenvalue weighted by molar-refractivity contribution is -0.0113. The molecule has 5 nitrogen and oxygen atoms in total. The van der Waals surface area contributed by atoms with Crippen molar-refractivity contribution >= 4 is 23.3 Å². The molecule has 104 valence electrons. The van der Waals surface area contributed by atoms with Crippen molar-refractivity contribution in [3.05, 3.63) is 22.7 Å². The Morgan fingerprint density at radius 3 is 2.95 bits per heavy atom. The third-order valence-corrected chi connectivity index (χ3v) is 3.36. The summed E-state index contributed by atoms with van der Waals surface area (Å²) in [6, 6.07) is 2.74. The predicted molar refractivity (Wildman–Crippen MR) is 71.9 cm³/mol. The number of hydrogen-bond donors (Lipinski definition) is 2. The van der Waals surface area contributed by atoms with Gasteiger partial charge in [-0.15, -0.1) is 0 Å². The highest BCUT2D eigenvalue weighted by molar-refractivity contribution is 6.33. The van der Waals surface area contributed by atoms with Crippen molar-refractivity contribution in [2.24, 2.45) is 0 Å². The van der Waals surface area contributed by atoms with Gasteiger partial charge in [0.15, 0.2) is 0 Å². The molecule has 1 aliphatic rings. The van der Waals surface area contributed by atoms with Crippen LogP contribution in [0.3, 0.4) is 0 Å². The van der Waals surface area contributed by atoms with Gasteiger partial charge in [-0.05, 0) is 25.3 Å². The van der Waals surface area contributed by atoms with E-state index in [1.165, 1.54) is 12.1 Å². The van der Waals surface area contributed by atoms with Gasteiger partial charge in [-0.3, -0.25) is 0 Å². The highest BCUT2D eigenvalue weighted by Gasteiger charge is 2.18. The zero-order chi connectivity index (χ0) is 13.8. The van der Waals surface area contributed by atoms with Gasteiger partial charge >= 0.3 is 5.97 Å². The zero-order valence-corrected chi connectivity index (χ0v) is 11.2. The van der Waals surface area contributed by atoms with Crippen LogP contribution in [0.15, 0.2) is 12.1 Å². The Morgan fingerprint density at radius 2 is 2.32 bits per heavy atom. The first kappa shape index (κ1) is 14.0.